The number of allylic oxidation sites excluding steroid dienone is 1. The number of benzene rings is 2. The van der Waals surface area contributed by atoms with Crippen LogP contribution >= 0.6 is 0 Å². The van der Waals surface area contributed by atoms with E-state index in [1.54, 1.807) is 0 Å². The van der Waals surface area contributed by atoms with Gasteiger partial charge in [0.1, 0.15) is 5.78 Å². The number of aryl methyl sites for hydroxylation is 1. The van der Waals surface area contributed by atoms with Crippen LogP contribution < -0.4 is 0 Å². The Bertz CT molecular complexity index is 571. The number of hydrogen-bond acceptors (Lipinski definition) is 1. The van der Waals surface area contributed by atoms with Crippen LogP contribution in [0.3, 0.4) is 0 Å². The molecule has 0 bridgehead atoms. The highest BCUT2D eigenvalue weighted by Gasteiger charge is 2.09. The molecule has 0 spiro atoms. The summed E-state index contributed by atoms with van der Waals surface area (Å²) in [6.45, 7) is 3.92. The molecular weight excluding hydrogens is 268 g/mol. The lowest BCUT2D eigenvalue weighted by Crippen LogP contribution is -2.07. The minimum absolute atomic E-state index is 0.317. The first-order valence-electron chi connectivity index (χ1n) is 8.00. The van der Waals surface area contributed by atoms with Crippen LogP contribution in [0.25, 0.3) is 0 Å². The normalized spacial score (nSPS) is 11.8. The minimum Gasteiger partial charge on any atom is -0.299 e. The molecule has 1 atom stereocenters. The summed E-state index contributed by atoms with van der Waals surface area (Å²) in [5.74, 6) is 0.734. The van der Waals surface area contributed by atoms with Crippen molar-refractivity contribution in [1.82, 2.24) is 0 Å². The summed E-state index contributed by atoms with van der Waals surface area (Å²) in [6, 6.07) is 20.5. The molecule has 0 aliphatic carbocycles. The number of Topliss-reactive ketones (excluding diaryl/α,β-unsaturated/α-hetero) is 1. The third-order valence-corrected chi connectivity index (χ3v) is 4.02. The highest BCUT2D eigenvalue weighted by atomic mass is 16.1. The summed E-state index contributed by atoms with van der Waals surface area (Å²) in [6.07, 6.45) is 6.20. The molecule has 0 unspecified atom stereocenters. The number of carbonyl (C=O) groups excluding carboxylic acids is 1. The van der Waals surface area contributed by atoms with E-state index in [4.69, 9.17) is 0 Å². The molecule has 0 radical (unpaired) electrons. The molecule has 2 aromatic rings. The zero-order chi connectivity index (χ0) is 15.6. The zero-order valence-electron chi connectivity index (χ0n) is 13.1. The van der Waals surface area contributed by atoms with Crippen molar-refractivity contribution in [2.45, 2.75) is 32.1 Å². The van der Waals surface area contributed by atoms with Gasteiger partial charge in [0.15, 0.2) is 0 Å². The van der Waals surface area contributed by atoms with Crippen molar-refractivity contribution in [2.24, 2.45) is 5.92 Å². The van der Waals surface area contributed by atoms with Crippen molar-refractivity contribution in [1.29, 1.82) is 0 Å². The number of ketones is 1. The van der Waals surface area contributed by atoms with Gasteiger partial charge in [-0.15, -0.1) is 6.58 Å². The Morgan fingerprint density at radius 2 is 1.50 bits per heavy atom. The Kier molecular flexibility index (Phi) is 6.63. The molecule has 0 aromatic heterocycles. The van der Waals surface area contributed by atoms with E-state index in [0.29, 0.717) is 24.5 Å². The summed E-state index contributed by atoms with van der Waals surface area (Å²) >= 11 is 0. The fourth-order valence-electron chi connectivity index (χ4n) is 2.64. The van der Waals surface area contributed by atoms with Crippen molar-refractivity contribution >= 4 is 5.78 Å². The van der Waals surface area contributed by atoms with Crippen LogP contribution in [-0.2, 0) is 17.6 Å². The molecular formula is C21H24O. The second-order valence-corrected chi connectivity index (χ2v) is 5.76. The molecule has 0 amide bonds. The summed E-state index contributed by atoms with van der Waals surface area (Å²) in [4.78, 5) is 12.1. The molecule has 1 nitrogen and oxygen atoms in total. The van der Waals surface area contributed by atoms with E-state index < -0.39 is 0 Å². The third-order valence-electron chi connectivity index (χ3n) is 4.02. The second kappa shape index (κ2) is 8.99. The molecule has 0 aliphatic heterocycles. The van der Waals surface area contributed by atoms with E-state index in [9.17, 15) is 4.79 Å². The zero-order valence-corrected chi connectivity index (χ0v) is 13.1. The van der Waals surface area contributed by atoms with Crippen LogP contribution in [0, 0.1) is 5.92 Å². The average molecular weight is 292 g/mol. The molecule has 1 heteroatoms. The van der Waals surface area contributed by atoms with E-state index in [1.807, 2.05) is 42.5 Å². The lowest BCUT2D eigenvalue weighted by Gasteiger charge is -2.12. The quantitative estimate of drug-likeness (QED) is 0.593. The van der Waals surface area contributed by atoms with Gasteiger partial charge >= 0.3 is 0 Å². The van der Waals surface area contributed by atoms with Crippen LogP contribution in [0.1, 0.15) is 30.4 Å². The maximum atomic E-state index is 12.1. The van der Waals surface area contributed by atoms with Crippen LogP contribution in [0.5, 0.6) is 0 Å². The fraction of sp³-hybridized carbons (Fsp3) is 0.286. The minimum atomic E-state index is 0.317. The predicted molar refractivity (Wildman–Crippen MR) is 92.8 cm³/mol. The molecule has 0 saturated carbocycles. The first-order chi connectivity index (χ1) is 10.8. The van der Waals surface area contributed by atoms with Gasteiger partial charge < -0.3 is 0 Å². The van der Waals surface area contributed by atoms with Gasteiger partial charge in [0.05, 0.1) is 0 Å². The predicted octanol–water partition coefficient (Wildman–Crippen LogP) is 5.01. The molecule has 0 N–H and O–H groups in total. The molecule has 114 valence electrons. The van der Waals surface area contributed by atoms with E-state index in [2.05, 4.69) is 30.8 Å². The Morgan fingerprint density at radius 1 is 0.909 bits per heavy atom. The Morgan fingerprint density at radius 3 is 2.09 bits per heavy atom. The van der Waals surface area contributed by atoms with Crippen molar-refractivity contribution in [3.8, 4) is 0 Å². The second-order valence-electron chi connectivity index (χ2n) is 5.76. The fourth-order valence-corrected chi connectivity index (χ4v) is 2.64. The van der Waals surface area contributed by atoms with Gasteiger partial charge in [-0.2, -0.15) is 0 Å². The van der Waals surface area contributed by atoms with Gasteiger partial charge in [0.25, 0.3) is 0 Å². The van der Waals surface area contributed by atoms with Gasteiger partial charge in [0.2, 0.25) is 0 Å². The largest absolute Gasteiger partial charge is 0.299 e. The lowest BCUT2D eigenvalue weighted by molar-refractivity contribution is -0.118. The number of carbonyl (C=O) groups is 1. The molecule has 2 aromatic carbocycles. The molecule has 0 aliphatic rings. The molecule has 0 heterocycles. The van der Waals surface area contributed by atoms with Crippen molar-refractivity contribution in [3.63, 3.8) is 0 Å². The number of hydrogen-bond donors (Lipinski definition) is 0. The summed E-state index contributed by atoms with van der Waals surface area (Å²) in [5, 5.41) is 0. The Labute approximate surface area is 133 Å². The van der Waals surface area contributed by atoms with Gasteiger partial charge in [0, 0.05) is 12.8 Å². The SMILES string of the molecule is C=C[C@@H](CCC(=O)Cc1ccccc1)CCc1ccccc1. The van der Waals surface area contributed by atoms with Crippen LogP contribution in [0.2, 0.25) is 0 Å². The molecule has 0 fully saturated rings. The Balaban J connectivity index is 1.73. The van der Waals surface area contributed by atoms with Crippen molar-refractivity contribution in [3.05, 3.63) is 84.4 Å². The number of rotatable bonds is 9. The lowest BCUT2D eigenvalue weighted by atomic mass is 9.93. The topological polar surface area (TPSA) is 17.1 Å². The smallest absolute Gasteiger partial charge is 0.137 e. The highest BCUT2D eigenvalue weighted by Crippen LogP contribution is 2.17. The van der Waals surface area contributed by atoms with E-state index >= 15 is 0 Å². The average Bonchev–Trinajstić information content (AvgIpc) is 2.57. The van der Waals surface area contributed by atoms with Gasteiger partial charge in [-0.1, -0.05) is 66.7 Å². The maximum absolute atomic E-state index is 12.1. The van der Waals surface area contributed by atoms with E-state index in [-0.39, 0.29) is 0 Å². The summed E-state index contributed by atoms with van der Waals surface area (Å²) < 4.78 is 0. The van der Waals surface area contributed by atoms with Crippen molar-refractivity contribution in [2.75, 3.05) is 0 Å². The van der Waals surface area contributed by atoms with Crippen LogP contribution in [-0.4, -0.2) is 5.78 Å². The maximum Gasteiger partial charge on any atom is 0.137 e. The summed E-state index contributed by atoms with van der Waals surface area (Å²) in [5.41, 5.74) is 2.46. The summed E-state index contributed by atoms with van der Waals surface area (Å²) in [7, 11) is 0. The molecule has 22 heavy (non-hydrogen) atoms. The van der Waals surface area contributed by atoms with Gasteiger partial charge in [-0.05, 0) is 36.3 Å². The van der Waals surface area contributed by atoms with Crippen LogP contribution in [0.15, 0.2) is 73.3 Å². The monoisotopic (exact) mass is 292 g/mol. The highest BCUT2D eigenvalue weighted by molar-refractivity contribution is 5.80. The van der Waals surface area contributed by atoms with Crippen LogP contribution in [0.4, 0.5) is 0 Å². The first kappa shape index (κ1) is 16.2. The standard InChI is InChI=1S/C21H24O/c1-2-18(13-14-19-9-5-3-6-10-19)15-16-21(22)17-20-11-7-4-8-12-20/h2-12,18H,1,13-17H2/t18-/m1/s1. The van der Waals surface area contributed by atoms with Crippen molar-refractivity contribution < 1.29 is 4.79 Å². The van der Waals surface area contributed by atoms with Gasteiger partial charge in [-0.3, -0.25) is 4.79 Å². The van der Waals surface area contributed by atoms with Gasteiger partial charge in [-0.25, -0.2) is 0 Å². The molecule has 2 rings (SSSR count). The molecule has 0 saturated heterocycles. The van der Waals surface area contributed by atoms with E-state index in [1.165, 1.54) is 5.56 Å². The Hall–Kier alpha value is -2.15. The third kappa shape index (κ3) is 5.69. The first-order valence-corrected chi connectivity index (χ1v) is 8.00. The van der Waals surface area contributed by atoms with E-state index in [0.717, 1.165) is 24.8 Å².